The maximum Gasteiger partial charge on any atom is 0.105 e. The largest absolute Gasteiger partial charge is 0.469 e. The number of anilines is 1. The third-order valence-corrected chi connectivity index (χ3v) is 2.76. The third-order valence-electron chi connectivity index (χ3n) is 2.76. The fourth-order valence-electron chi connectivity index (χ4n) is 1.89. The van der Waals surface area contributed by atoms with Gasteiger partial charge < -0.3 is 9.73 Å². The first-order valence-corrected chi connectivity index (χ1v) is 5.96. The highest BCUT2D eigenvalue weighted by Crippen LogP contribution is 2.16. The molecule has 1 atom stereocenters. The summed E-state index contributed by atoms with van der Waals surface area (Å²) in [4.78, 5) is 0. The van der Waals surface area contributed by atoms with E-state index in [4.69, 9.17) is 14.9 Å². The SMILES string of the molecule is CC(Cc1ccco1)Nc1ccc(C#N)c(C#N)c1. The van der Waals surface area contributed by atoms with E-state index in [1.165, 1.54) is 0 Å². The molecule has 2 aromatic rings. The number of nitrogens with zero attached hydrogens (tertiary/aromatic N) is 2. The van der Waals surface area contributed by atoms with Crippen molar-refractivity contribution in [3.05, 3.63) is 53.5 Å². The lowest BCUT2D eigenvalue weighted by molar-refractivity contribution is 0.498. The van der Waals surface area contributed by atoms with Crippen molar-refractivity contribution in [3.8, 4) is 12.1 Å². The zero-order valence-electron chi connectivity index (χ0n) is 10.6. The average molecular weight is 251 g/mol. The van der Waals surface area contributed by atoms with Gasteiger partial charge in [-0.2, -0.15) is 10.5 Å². The molecule has 0 saturated heterocycles. The second-order valence-corrected chi connectivity index (χ2v) is 4.31. The van der Waals surface area contributed by atoms with Crippen LogP contribution in [0.2, 0.25) is 0 Å². The lowest BCUT2D eigenvalue weighted by Crippen LogP contribution is -2.17. The maximum atomic E-state index is 8.97. The molecule has 0 aliphatic rings. The fourth-order valence-corrected chi connectivity index (χ4v) is 1.89. The Morgan fingerprint density at radius 2 is 2.00 bits per heavy atom. The predicted octanol–water partition coefficient (Wildman–Crippen LogP) is 3.07. The molecule has 0 spiro atoms. The molecule has 1 aromatic heterocycles. The monoisotopic (exact) mass is 251 g/mol. The summed E-state index contributed by atoms with van der Waals surface area (Å²) >= 11 is 0. The minimum Gasteiger partial charge on any atom is -0.469 e. The number of rotatable bonds is 4. The molecule has 2 rings (SSSR count). The van der Waals surface area contributed by atoms with Gasteiger partial charge in [-0.15, -0.1) is 0 Å². The number of nitrogens with one attached hydrogen (secondary N) is 1. The highest BCUT2D eigenvalue weighted by molar-refractivity contribution is 5.56. The first-order chi connectivity index (χ1) is 9.22. The van der Waals surface area contributed by atoms with Crippen LogP contribution >= 0.6 is 0 Å². The van der Waals surface area contributed by atoms with Gasteiger partial charge in [-0.25, -0.2) is 0 Å². The molecular formula is C15H13N3O. The lowest BCUT2D eigenvalue weighted by atomic mass is 10.1. The Morgan fingerprint density at radius 3 is 2.63 bits per heavy atom. The van der Waals surface area contributed by atoms with Gasteiger partial charge in [0, 0.05) is 18.2 Å². The van der Waals surface area contributed by atoms with Gasteiger partial charge in [-0.3, -0.25) is 0 Å². The van der Waals surface area contributed by atoms with Crippen molar-refractivity contribution in [2.45, 2.75) is 19.4 Å². The number of furan rings is 1. The Kier molecular flexibility index (Phi) is 3.85. The summed E-state index contributed by atoms with van der Waals surface area (Å²) in [5.74, 6) is 0.911. The zero-order chi connectivity index (χ0) is 13.7. The van der Waals surface area contributed by atoms with E-state index in [1.807, 2.05) is 31.2 Å². The summed E-state index contributed by atoms with van der Waals surface area (Å²) in [6, 6.07) is 13.1. The smallest absolute Gasteiger partial charge is 0.105 e. The van der Waals surface area contributed by atoms with Gasteiger partial charge in [-0.1, -0.05) is 0 Å². The normalized spacial score (nSPS) is 11.3. The van der Waals surface area contributed by atoms with E-state index in [9.17, 15) is 0 Å². The van der Waals surface area contributed by atoms with Crippen molar-refractivity contribution in [1.29, 1.82) is 10.5 Å². The molecule has 19 heavy (non-hydrogen) atoms. The average Bonchev–Trinajstić information content (AvgIpc) is 2.91. The van der Waals surface area contributed by atoms with Gasteiger partial charge >= 0.3 is 0 Å². The van der Waals surface area contributed by atoms with E-state index in [0.717, 1.165) is 17.9 Å². The van der Waals surface area contributed by atoms with E-state index >= 15 is 0 Å². The van der Waals surface area contributed by atoms with Crippen LogP contribution in [0, 0.1) is 22.7 Å². The molecule has 1 aromatic carbocycles. The van der Waals surface area contributed by atoms with E-state index in [1.54, 1.807) is 24.5 Å². The Bertz CT molecular complexity index is 632. The summed E-state index contributed by atoms with van der Waals surface area (Å²) < 4.78 is 5.29. The molecule has 0 amide bonds. The van der Waals surface area contributed by atoms with Crippen LogP contribution in [0.5, 0.6) is 0 Å². The summed E-state index contributed by atoms with van der Waals surface area (Å²) in [5, 5.41) is 21.1. The molecule has 1 unspecified atom stereocenters. The van der Waals surface area contributed by atoms with Crippen LogP contribution in [-0.4, -0.2) is 6.04 Å². The number of hydrogen-bond acceptors (Lipinski definition) is 4. The summed E-state index contributed by atoms with van der Waals surface area (Å²) in [5.41, 5.74) is 1.61. The zero-order valence-corrected chi connectivity index (χ0v) is 10.6. The third kappa shape index (κ3) is 3.14. The molecule has 0 bridgehead atoms. The molecule has 0 saturated carbocycles. The van der Waals surface area contributed by atoms with Gasteiger partial charge in [0.25, 0.3) is 0 Å². The Morgan fingerprint density at radius 1 is 1.21 bits per heavy atom. The quantitative estimate of drug-likeness (QED) is 0.906. The molecule has 0 fully saturated rings. The second kappa shape index (κ2) is 5.75. The highest BCUT2D eigenvalue weighted by Gasteiger charge is 2.08. The lowest BCUT2D eigenvalue weighted by Gasteiger charge is -2.14. The number of hydrogen-bond donors (Lipinski definition) is 1. The Balaban J connectivity index is 2.07. The minimum atomic E-state index is 0.172. The summed E-state index contributed by atoms with van der Waals surface area (Å²) in [7, 11) is 0. The van der Waals surface area contributed by atoms with Crippen molar-refractivity contribution < 1.29 is 4.42 Å². The van der Waals surface area contributed by atoms with Crippen molar-refractivity contribution in [2.75, 3.05) is 5.32 Å². The van der Waals surface area contributed by atoms with E-state index in [2.05, 4.69) is 5.32 Å². The summed E-state index contributed by atoms with van der Waals surface area (Å²) in [6.45, 7) is 2.03. The van der Waals surface area contributed by atoms with E-state index in [0.29, 0.717) is 11.1 Å². The van der Waals surface area contributed by atoms with Crippen molar-refractivity contribution in [3.63, 3.8) is 0 Å². The Labute approximate surface area is 111 Å². The van der Waals surface area contributed by atoms with Crippen LogP contribution in [0.1, 0.15) is 23.8 Å². The molecule has 4 nitrogen and oxygen atoms in total. The molecule has 0 radical (unpaired) electrons. The van der Waals surface area contributed by atoms with E-state index < -0.39 is 0 Å². The van der Waals surface area contributed by atoms with Crippen LogP contribution in [-0.2, 0) is 6.42 Å². The first-order valence-electron chi connectivity index (χ1n) is 5.96. The first kappa shape index (κ1) is 12.7. The van der Waals surface area contributed by atoms with Crippen molar-refractivity contribution >= 4 is 5.69 Å². The topological polar surface area (TPSA) is 72.8 Å². The number of nitriles is 2. The van der Waals surface area contributed by atoms with Gasteiger partial charge in [0.15, 0.2) is 0 Å². The van der Waals surface area contributed by atoms with Crippen LogP contribution < -0.4 is 5.32 Å². The molecule has 1 N–H and O–H groups in total. The van der Waals surface area contributed by atoms with Crippen molar-refractivity contribution in [1.82, 2.24) is 0 Å². The van der Waals surface area contributed by atoms with Crippen LogP contribution in [0.3, 0.4) is 0 Å². The van der Waals surface area contributed by atoms with Crippen LogP contribution in [0.15, 0.2) is 41.0 Å². The molecule has 1 heterocycles. The van der Waals surface area contributed by atoms with Gasteiger partial charge in [0.05, 0.1) is 17.4 Å². The highest BCUT2D eigenvalue weighted by atomic mass is 16.3. The van der Waals surface area contributed by atoms with Gasteiger partial charge in [0.2, 0.25) is 0 Å². The predicted molar refractivity (Wildman–Crippen MR) is 71.4 cm³/mol. The molecule has 94 valence electrons. The molecular weight excluding hydrogens is 238 g/mol. The summed E-state index contributed by atoms with van der Waals surface area (Å²) in [6.07, 6.45) is 2.41. The minimum absolute atomic E-state index is 0.172. The Hall–Kier alpha value is -2.72. The van der Waals surface area contributed by atoms with Gasteiger partial charge in [0.1, 0.15) is 17.9 Å². The van der Waals surface area contributed by atoms with Crippen LogP contribution in [0.25, 0.3) is 0 Å². The van der Waals surface area contributed by atoms with Crippen LogP contribution in [0.4, 0.5) is 5.69 Å². The molecule has 0 aliphatic carbocycles. The fraction of sp³-hybridized carbons (Fsp3) is 0.200. The molecule has 0 aliphatic heterocycles. The standard InChI is InChI=1S/C15H13N3O/c1-11(7-15-3-2-6-19-15)18-14-5-4-12(9-16)13(8-14)10-17/h2-6,8,11,18H,7H2,1H3. The second-order valence-electron chi connectivity index (χ2n) is 4.31. The maximum absolute atomic E-state index is 8.97. The molecule has 4 heteroatoms. The van der Waals surface area contributed by atoms with E-state index in [-0.39, 0.29) is 6.04 Å². The van der Waals surface area contributed by atoms with Gasteiger partial charge in [-0.05, 0) is 37.3 Å². The van der Waals surface area contributed by atoms with Crippen molar-refractivity contribution in [2.24, 2.45) is 0 Å². The number of benzene rings is 1.